The fourth-order valence-electron chi connectivity index (χ4n) is 3.53. The zero-order chi connectivity index (χ0) is 20.5. The van der Waals surface area contributed by atoms with Crippen molar-refractivity contribution in [1.29, 1.82) is 0 Å². The minimum Gasteiger partial charge on any atom is -0.377 e. The molecule has 0 heterocycles. The first-order valence-corrected chi connectivity index (χ1v) is 12.6. The van der Waals surface area contributed by atoms with Gasteiger partial charge in [-0.2, -0.15) is 0 Å². The van der Waals surface area contributed by atoms with Gasteiger partial charge < -0.3 is 28.0 Å². The number of hydrogen-bond acceptors (Lipinski definition) is 6. The lowest BCUT2D eigenvalue weighted by Gasteiger charge is -2.28. The fourth-order valence-corrected chi connectivity index (χ4v) is 5.23. The summed E-state index contributed by atoms with van der Waals surface area (Å²) in [5, 5.41) is 0. The maximum Gasteiger partial charge on any atom is 0.500 e. The van der Waals surface area contributed by atoms with E-state index in [-0.39, 0.29) is 0 Å². The zero-order valence-electron chi connectivity index (χ0n) is 19.3. The van der Waals surface area contributed by atoms with Gasteiger partial charge in [0, 0.05) is 27.4 Å². The van der Waals surface area contributed by atoms with Crippen LogP contribution in [0.25, 0.3) is 0 Å². The van der Waals surface area contributed by atoms with E-state index in [1.807, 2.05) is 0 Å². The number of rotatable bonds is 19. The quantitative estimate of drug-likeness (QED) is 0.308. The molecule has 0 aromatic carbocycles. The molecule has 0 radical (unpaired) electrons. The van der Waals surface area contributed by atoms with E-state index >= 15 is 0 Å². The van der Waals surface area contributed by atoms with Gasteiger partial charge in [-0.3, -0.25) is 0 Å². The van der Waals surface area contributed by atoms with Crippen LogP contribution >= 0.6 is 0 Å². The van der Waals surface area contributed by atoms with Crippen molar-refractivity contribution >= 4 is 8.80 Å². The minimum atomic E-state index is -2.45. The standard InChI is InChI=1S/C20H47N3O3Si/c1-8-13-21(3)15-10-17-23(18-11-16-22(4)14-9-2)19-12-20-27(24-5,25-6)26-7/h8-20H2,1-7H3. The largest absolute Gasteiger partial charge is 0.500 e. The van der Waals surface area contributed by atoms with E-state index in [1.165, 1.54) is 51.9 Å². The number of nitrogens with zero attached hydrogens (tertiary/aromatic N) is 3. The lowest BCUT2D eigenvalue weighted by Crippen LogP contribution is -2.43. The molecule has 6 nitrogen and oxygen atoms in total. The van der Waals surface area contributed by atoms with Crippen molar-refractivity contribution < 1.29 is 13.3 Å². The van der Waals surface area contributed by atoms with Gasteiger partial charge in [-0.1, -0.05) is 13.8 Å². The van der Waals surface area contributed by atoms with E-state index in [9.17, 15) is 0 Å². The van der Waals surface area contributed by atoms with E-state index in [0.29, 0.717) is 0 Å². The van der Waals surface area contributed by atoms with E-state index in [2.05, 4.69) is 42.6 Å². The zero-order valence-corrected chi connectivity index (χ0v) is 20.3. The van der Waals surface area contributed by atoms with Gasteiger partial charge in [0.2, 0.25) is 0 Å². The maximum absolute atomic E-state index is 5.56. The summed E-state index contributed by atoms with van der Waals surface area (Å²) in [5.41, 5.74) is 0. The first-order valence-electron chi connectivity index (χ1n) is 10.7. The molecule has 0 aliphatic rings. The minimum absolute atomic E-state index is 0.873. The van der Waals surface area contributed by atoms with Crippen molar-refractivity contribution in [2.45, 2.75) is 52.0 Å². The van der Waals surface area contributed by atoms with E-state index in [1.54, 1.807) is 21.3 Å². The van der Waals surface area contributed by atoms with Crippen LogP contribution in [0.5, 0.6) is 0 Å². The Bertz CT molecular complexity index is 307. The highest BCUT2D eigenvalue weighted by Gasteiger charge is 2.36. The van der Waals surface area contributed by atoms with Gasteiger partial charge in [0.25, 0.3) is 0 Å². The molecule has 27 heavy (non-hydrogen) atoms. The van der Waals surface area contributed by atoms with Crippen molar-refractivity contribution in [2.24, 2.45) is 0 Å². The monoisotopic (exact) mass is 405 g/mol. The normalized spacial score (nSPS) is 12.7. The first kappa shape index (κ1) is 27.0. The Morgan fingerprint density at radius 1 is 0.593 bits per heavy atom. The number of hydrogen-bond donors (Lipinski definition) is 0. The molecule has 0 saturated carbocycles. The molecule has 0 aromatic rings. The molecule has 0 rings (SSSR count). The lowest BCUT2D eigenvalue weighted by atomic mass is 10.2. The predicted octanol–water partition coefficient (Wildman–Crippen LogP) is 3.02. The predicted molar refractivity (Wildman–Crippen MR) is 117 cm³/mol. The summed E-state index contributed by atoms with van der Waals surface area (Å²) in [5.74, 6) is 0. The van der Waals surface area contributed by atoms with Gasteiger partial charge in [0.05, 0.1) is 0 Å². The van der Waals surface area contributed by atoms with E-state index < -0.39 is 8.80 Å². The molecule has 0 aliphatic heterocycles. The smallest absolute Gasteiger partial charge is 0.377 e. The molecule has 0 spiro atoms. The van der Waals surface area contributed by atoms with Gasteiger partial charge in [0.1, 0.15) is 0 Å². The molecule has 0 aliphatic carbocycles. The lowest BCUT2D eigenvalue weighted by molar-refractivity contribution is 0.121. The van der Waals surface area contributed by atoms with Crippen molar-refractivity contribution in [3.63, 3.8) is 0 Å². The average Bonchev–Trinajstić information content (AvgIpc) is 2.65. The molecule has 0 bridgehead atoms. The molecule has 0 unspecified atom stereocenters. The summed E-state index contributed by atoms with van der Waals surface area (Å²) < 4.78 is 16.7. The second-order valence-corrected chi connectivity index (χ2v) is 10.6. The van der Waals surface area contributed by atoms with E-state index in [0.717, 1.165) is 32.1 Å². The molecular weight excluding hydrogens is 358 g/mol. The summed E-state index contributed by atoms with van der Waals surface area (Å²) in [7, 11) is 7.10. The van der Waals surface area contributed by atoms with Crippen molar-refractivity contribution in [3.05, 3.63) is 0 Å². The topological polar surface area (TPSA) is 37.4 Å². The van der Waals surface area contributed by atoms with Crippen LogP contribution in [-0.2, 0) is 13.3 Å². The Hall–Kier alpha value is -0.0231. The molecule has 0 aromatic heterocycles. The second kappa shape index (κ2) is 16.9. The fraction of sp³-hybridized carbons (Fsp3) is 1.00. The summed E-state index contributed by atoms with van der Waals surface area (Å²) in [4.78, 5) is 7.48. The molecular formula is C20H47N3O3Si. The van der Waals surface area contributed by atoms with Crippen molar-refractivity contribution in [1.82, 2.24) is 14.7 Å². The Labute approximate surface area is 170 Å². The van der Waals surface area contributed by atoms with Crippen molar-refractivity contribution in [3.8, 4) is 0 Å². The molecule has 0 fully saturated rings. The van der Waals surface area contributed by atoms with Crippen LogP contribution in [-0.4, -0.2) is 105 Å². The Morgan fingerprint density at radius 2 is 1.00 bits per heavy atom. The summed E-state index contributed by atoms with van der Waals surface area (Å²) >= 11 is 0. The van der Waals surface area contributed by atoms with Crippen LogP contribution in [0.4, 0.5) is 0 Å². The van der Waals surface area contributed by atoms with E-state index in [4.69, 9.17) is 13.3 Å². The molecule has 0 atom stereocenters. The Balaban J connectivity index is 4.40. The molecule has 7 heteroatoms. The second-order valence-electron chi connectivity index (χ2n) is 7.55. The molecule has 0 amide bonds. The van der Waals surface area contributed by atoms with Crippen LogP contribution in [0.15, 0.2) is 0 Å². The molecule has 0 N–H and O–H groups in total. The molecule has 0 saturated heterocycles. The SMILES string of the molecule is CCCN(C)CCCN(CCCN(C)CCC)CCC[Si](OC)(OC)OC. The van der Waals surface area contributed by atoms with Gasteiger partial charge in [-0.05, 0) is 92.0 Å². The summed E-state index contributed by atoms with van der Waals surface area (Å²) in [6, 6.07) is 0.873. The maximum atomic E-state index is 5.56. The third-order valence-electron chi connectivity index (χ3n) is 5.13. The average molecular weight is 406 g/mol. The summed E-state index contributed by atoms with van der Waals surface area (Å²) in [6.07, 6.45) is 5.95. The Kier molecular flexibility index (Phi) is 16.9. The first-order chi connectivity index (χ1) is 13.0. The third-order valence-corrected chi connectivity index (χ3v) is 7.96. The highest BCUT2D eigenvalue weighted by atomic mass is 28.4. The van der Waals surface area contributed by atoms with Gasteiger partial charge in [-0.15, -0.1) is 0 Å². The summed E-state index contributed by atoms with van der Waals surface area (Å²) in [6.45, 7) is 12.6. The van der Waals surface area contributed by atoms with Crippen LogP contribution < -0.4 is 0 Å². The van der Waals surface area contributed by atoms with Crippen molar-refractivity contribution in [2.75, 3.05) is 81.2 Å². The van der Waals surface area contributed by atoms with Crippen LogP contribution in [0.2, 0.25) is 6.04 Å². The van der Waals surface area contributed by atoms with Gasteiger partial charge in [-0.25, -0.2) is 0 Å². The highest BCUT2D eigenvalue weighted by molar-refractivity contribution is 6.60. The Morgan fingerprint density at radius 3 is 1.37 bits per heavy atom. The highest BCUT2D eigenvalue weighted by Crippen LogP contribution is 2.15. The third kappa shape index (κ3) is 12.9. The van der Waals surface area contributed by atoms with Gasteiger partial charge >= 0.3 is 8.80 Å². The van der Waals surface area contributed by atoms with Gasteiger partial charge in [0.15, 0.2) is 0 Å². The van der Waals surface area contributed by atoms with Crippen LogP contribution in [0, 0.1) is 0 Å². The molecule has 164 valence electrons. The van der Waals surface area contributed by atoms with Crippen LogP contribution in [0.1, 0.15) is 46.0 Å². The van der Waals surface area contributed by atoms with Crippen LogP contribution in [0.3, 0.4) is 0 Å².